The topological polar surface area (TPSA) is 69.6 Å². The fraction of sp³-hybridized carbons (Fsp3) is 0.214. The summed E-state index contributed by atoms with van der Waals surface area (Å²) in [5, 5.41) is 5.56. The molecule has 2 heterocycles. The lowest BCUT2D eigenvalue weighted by atomic mass is 10.2. The molecular weight excluding hydrogens is 238 g/mol. The van der Waals surface area contributed by atoms with E-state index in [2.05, 4.69) is 21.1 Å². The van der Waals surface area contributed by atoms with Crippen molar-refractivity contribution >= 4 is 16.9 Å². The molecule has 1 aliphatic rings. The molecule has 94 valence electrons. The number of hydrogen-bond donors (Lipinski definition) is 1. The summed E-state index contributed by atoms with van der Waals surface area (Å²) >= 11 is 0. The Morgan fingerprint density at radius 1 is 1.11 bits per heavy atom. The highest BCUT2D eigenvalue weighted by Crippen LogP contribution is 2.39. The summed E-state index contributed by atoms with van der Waals surface area (Å²) < 4.78 is 1.80. The fourth-order valence-electron chi connectivity index (χ4n) is 2.30. The predicted octanol–water partition coefficient (Wildman–Crippen LogP) is 2.28. The lowest BCUT2D eigenvalue weighted by Gasteiger charge is -2.06. The maximum absolute atomic E-state index is 5.78. The number of fused-ring (bicyclic) bond motifs is 1. The Morgan fingerprint density at radius 3 is 2.79 bits per heavy atom. The number of anilines is 1. The summed E-state index contributed by atoms with van der Waals surface area (Å²) in [6, 6.07) is 9.89. The maximum atomic E-state index is 5.78. The molecule has 0 spiro atoms. The molecule has 1 aliphatic carbocycles. The van der Waals surface area contributed by atoms with Gasteiger partial charge in [-0.3, -0.25) is 0 Å². The van der Waals surface area contributed by atoms with Crippen LogP contribution in [0.5, 0.6) is 0 Å². The molecule has 0 saturated heterocycles. The van der Waals surface area contributed by atoms with Gasteiger partial charge in [0.05, 0.1) is 11.2 Å². The van der Waals surface area contributed by atoms with Crippen LogP contribution in [0, 0.1) is 0 Å². The van der Waals surface area contributed by atoms with Gasteiger partial charge in [0.25, 0.3) is 0 Å². The van der Waals surface area contributed by atoms with Gasteiger partial charge < -0.3 is 5.73 Å². The van der Waals surface area contributed by atoms with Gasteiger partial charge in [-0.05, 0) is 31.0 Å². The summed E-state index contributed by atoms with van der Waals surface area (Å²) in [6.07, 6.45) is 4.43. The first kappa shape index (κ1) is 10.5. The molecule has 5 heteroatoms. The largest absolute Gasteiger partial charge is 0.368 e. The number of nitrogens with zero attached hydrogens (tertiary/aromatic N) is 4. The second-order valence-electron chi connectivity index (χ2n) is 4.88. The summed E-state index contributed by atoms with van der Waals surface area (Å²) in [6.45, 7) is 0. The Balaban J connectivity index is 1.92. The Bertz CT molecular complexity index is 757. The standard InChI is InChI=1S/C14H13N5/c15-14-16-12-4-2-1-3-10(12)13(17-14)19-8-7-11(18-19)9-5-6-9/h1-4,7-9H,5-6H2,(H2,15,16,17). The van der Waals surface area contributed by atoms with Crippen molar-refractivity contribution in [2.24, 2.45) is 0 Å². The third kappa shape index (κ3) is 1.74. The maximum Gasteiger partial charge on any atom is 0.222 e. The fourth-order valence-corrected chi connectivity index (χ4v) is 2.30. The number of aromatic nitrogens is 4. The van der Waals surface area contributed by atoms with E-state index in [9.17, 15) is 0 Å². The molecule has 2 N–H and O–H groups in total. The summed E-state index contributed by atoms with van der Waals surface area (Å²) in [5.74, 6) is 1.65. The minimum absolute atomic E-state index is 0.275. The van der Waals surface area contributed by atoms with Crippen LogP contribution in [0.1, 0.15) is 24.5 Å². The molecular formula is C14H13N5. The van der Waals surface area contributed by atoms with Crippen molar-refractivity contribution in [3.8, 4) is 5.82 Å². The van der Waals surface area contributed by atoms with Crippen molar-refractivity contribution < 1.29 is 0 Å². The molecule has 4 rings (SSSR count). The van der Waals surface area contributed by atoms with Crippen LogP contribution in [0.15, 0.2) is 36.5 Å². The third-order valence-electron chi connectivity index (χ3n) is 3.42. The molecule has 1 fully saturated rings. The number of nitrogen functional groups attached to an aromatic ring is 1. The first-order chi connectivity index (χ1) is 9.31. The molecule has 0 bridgehead atoms. The Hall–Kier alpha value is -2.43. The first-order valence-corrected chi connectivity index (χ1v) is 6.39. The lowest BCUT2D eigenvalue weighted by Crippen LogP contribution is -2.05. The number of nitrogens with two attached hydrogens (primary N) is 1. The van der Waals surface area contributed by atoms with E-state index in [1.165, 1.54) is 12.8 Å². The van der Waals surface area contributed by atoms with Gasteiger partial charge in [-0.1, -0.05) is 12.1 Å². The van der Waals surface area contributed by atoms with Crippen LogP contribution in [0.25, 0.3) is 16.7 Å². The Labute approximate surface area is 110 Å². The van der Waals surface area contributed by atoms with Crippen molar-refractivity contribution in [2.75, 3.05) is 5.73 Å². The van der Waals surface area contributed by atoms with Crippen LogP contribution in [0.2, 0.25) is 0 Å². The molecule has 5 nitrogen and oxygen atoms in total. The number of benzene rings is 1. The van der Waals surface area contributed by atoms with Gasteiger partial charge in [0.2, 0.25) is 5.95 Å². The zero-order valence-corrected chi connectivity index (χ0v) is 10.3. The van der Waals surface area contributed by atoms with Crippen molar-refractivity contribution in [3.63, 3.8) is 0 Å². The number of para-hydroxylation sites is 1. The normalized spacial score (nSPS) is 14.9. The van der Waals surface area contributed by atoms with Crippen LogP contribution in [0.4, 0.5) is 5.95 Å². The van der Waals surface area contributed by atoms with Crippen molar-refractivity contribution in [1.29, 1.82) is 0 Å². The van der Waals surface area contributed by atoms with Crippen molar-refractivity contribution in [3.05, 3.63) is 42.2 Å². The van der Waals surface area contributed by atoms with E-state index < -0.39 is 0 Å². The van der Waals surface area contributed by atoms with Gasteiger partial charge in [-0.25, -0.2) is 9.67 Å². The molecule has 1 aromatic carbocycles. The molecule has 0 radical (unpaired) electrons. The zero-order chi connectivity index (χ0) is 12.8. The molecule has 0 unspecified atom stereocenters. The van der Waals surface area contributed by atoms with Gasteiger partial charge in [0.1, 0.15) is 0 Å². The molecule has 1 saturated carbocycles. The summed E-state index contributed by atoms with van der Waals surface area (Å²) in [4.78, 5) is 8.57. The van der Waals surface area contributed by atoms with Crippen molar-refractivity contribution in [2.45, 2.75) is 18.8 Å². The van der Waals surface area contributed by atoms with Crippen LogP contribution in [-0.4, -0.2) is 19.7 Å². The van der Waals surface area contributed by atoms with E-state index >= 15 is 0 Å². The van der Waals surface area contributed by atoms with Gasteiger partial charge in [-0.15, -0.1) is 0 Å². The molecule has 19 heavy (non-hydrogen) atoms. The highest BCUT2D eigenvalue weighted by molar-refractivity contribution is 5.86. The van der Waals surface area contributed by atoms with E-state index in [0.717, 1.165) is 22.4 Å². The Morgan fingerprint density at radius 2 is 1.95 bits per heavy atom. The van der Waals surface area contributed by atoms with Gasteiger partial charge in [-0.2, -0.15) is 10.1 Å². The van der Waals surface area contributed by atoms with Crippen LogP contribution >= 0.6 is 0 Å². The SMILES string of the molecule is Nc1nc(-n2ccc(C3CC3)n2)c2ccccc2n1. The quantitative estimate of drug-likeness (QED) is 0.758. The average Bonchev–Trinajstić information content (AvgIpc) is 3.16. The van der Waals surface area contributed by atoms with E-state index in [1.54, 1.807) is 4.68 Å². The number of hydrogen-bond acceptors (Lipinski definition) is 4. The number of rotatable bonds is 2. The van der Waals surface area contributed by atoms with E-state index in [-0.39, 0.29) is 5.95 Å². The molecule has 0 aliphatic heterocycles. The molecule has 3 aromatic rings. The lowest BCUT2D eigenvalue weighted by molar-refractivity contribution is 0.818. The Kier molecular flexibility index (Phi) is 2.09. The summed E-state index contributed by atoms with van der Waals surface area (Å²) in [5.41, 5.74) is 7.76. The molecule has 2 aromatic heterocycles. The van der Waals surface area contributed by atoms with Gasteiger partial charge >= 0.3 is 0 Å². The van der Waals surface area contributed by atoms with Crippen molar-refractivity contribution in [1.82, 2.24) is 19.7 Å². The van der Waals surface area contributed by atoms with E-state index in [1.807, 2.05) is 30.5 Å². The summed E-state index contributed by atoms with van der Waals surface area (Å²) in [7, 11) is 0. The molecule has 0 amide bonds. The highest BCUT2D eigenvalue weighted by Gasteiger charge is 2.26. The predicted molar refractivity (Wildman–Crippen MR) is 73.0 cm³/mol. The van der Waals surface area contributed by atoms with Gasteiger partial charge in [0.15, 0.2) is 5.82 Å². The average molecular weight is 251 g/mol. The van der Waals surface area contributed by atoms with Crippen LogP contribution in [-0.2, 0) is 0 Å². The first-order valence-electron chi connectivity index (χ1n) is 6.39. The second-order valence-corrected chi connectivity index (χ2v) is 4.88. The third-order valence-corrected chi connectivity index (χ3v) is 3.42. The van der Waals surface area contributed by atoms with Crippen LogP contribution < -0.4 is 5.73 Å². The minimum atomic E-state index is 0.275. The smallest absolute Gasteiger partial charge is 0.222 e. The minimum Gasteiger partial charge on any atom is -0.368 e. The zero-order valence-electron chi connectivity index (χ0n) is 10.3. The highest BCUT2D eigenvalue weighted by atomic mass is 15.3. The van der Waals surface area contributed by atoms with Crippen LogP contribution in [0.3, 0.4) is 0 Å². The second kappa shape index (κ2) is 3.78. The van der Waals surface area contributed by atoms with Gasteiger partial charge in [0, 0.05) is 17.5 Å². The monoisotopic (exact) mass is 251 g/mol. The van der Waals surface area contributed by atoms with E-state index in [4.69, 9.17) is 5.73 Å². The van der Waals surface area contributed by atoms with E-state index in [0.29, 0.717) is 5.92 Å². The molecule has 0 atom stereocenters.